The number of rotatable bonds is 1. The topological polar surface area (TPSA) is 50.3 Å². The molecule has 0 aliphatic carbocycles. The van der Waals surface area contributed by atoms with Gasteiger partial charge in [0.1, 0.15) is 0 Å². The Bertz CT molecular complexity index is 1040. The second-order valence-corrected chi connectivity index (χ2v) is 6.18. The summed E-state index contributed by atoms with van der Waals surface area (Å²) in [4.78, 5) is 31.7. The molecule has 1 aliphatic rings. The van der Waals surface area contributed by atoms with E-state index in [2.05, 4.69) is 4.98 Å². The SMILES string of the molecule is Cc1ccc(N2C(=O)c3c(C)nc4ccccc4c3C2=O)cc1C. The standard InChI is InChI=1S/C20H16N2O2/c1-11-8-9-14(10-12(11)2)22-19(23)17-13(3)21-16-7-5-4-6-15(16)18(17)20(22)24/h4-10H,1-3H3. The normalized spacial score (nSPS) is 13.7. The summed E-state index contributed by atoms with van der Waals surface area (Å²) in [7, 11) is 0. The van der Waals surface area contributed by atoms with Crippen molar-refractivity contribution in [3.8, 4) is 0 Å². The van der Waals surface area contributed by atoms with Gasteiger partial charge in [0.2, 0.25) is 0 Å². The Morgan fingerprint density at radius 3 is 2.29 bits per heavy atom. The van der Waals surface area contributed by atoms with Gasteiger partial charge in [-0.25, -0.2) is 4.90 Å². The third kappa shape index (κ3) is 1.89. The molecule has 0 unspecified atom stereocenters. The van der Waals surface area contributed by atoms with Gasteiger partial charge in [0.25, 0.3) is 11.8 Å². The first-order chi connectivity index (χ1) is 11.5. The van der Waals surface area contributed by atoms with E-state index in [0.717, 1.165) is 22.0 Å². The third-order valence-corrected chi connectivity index (χ3v) is 4.66. The van der Waals surface area contributed by atoms with Crippen LogP contribution in [-0.2, 0) is 0 Å². The van der Waals surface area contributed by atoms with E-state index in [0.29, 0.717) is 22.5 Å². The highest BCUT2D eigenvalue weighted by Gasteiger charge is 2.40. The van der Waals surface area contributed by atoms with E-state index < -0.39 is 0 Å². The van der Waals surface area contributed by atoms with Crippen LogP contribution in [0.2, 0.25) is 0 Å². The number of amides is 2. The zero-order chi connectivity index (χ0) is 17.0. The summed E-state index contributed by atoms with van der Waals surface area (Å²) in [6, 6.07) is 13.1. The van der Waals surface area contributed by atoms with Gasteiger partial charge in [-0.3, -0.25) is 14.6 Å². The molecule has 0 N–H and O–H groups in total. The predicted octanol–water partition coefficient (Wildman–Crippen LogP) is 3.96. The second-order valence-electron chi connectivity index (χ2n) is 6.18. The molecule has 4 heteroatoms. The number of imide groups is 1. The minimum Gasteiger partial charge on any atom is -0.268 e. The summed E-state index contributed by atoms with van der Waals surface area (Å²) >= 11 is 0. The van der Waals surface area contributed by atoms with E-state index in [4.69, 9.17) is 0 Å². The van der Waals surface area contributed by atoms with E-state index >= 15 is 0 Å². The first-order valence-electron chi connectivity index (χ1n) is 7.84. The number of aromatic nitrogens is 1. The van der Waals surface area contributed by atoms with Crippen LogP contribution in [0.4, 0.5) is 5.69 Å². The molecule has 1 aliphatic heterocycles. The smallest absolute Gasteiger partial charge is 0.268 e. The molecule has 2 heterocycles. The highest BCUT2D eigenvalue weighted by Crippen LogP contribution is 2.34. The van der Waals surface area contributed by atoms with Crippen LogP contribution in [0.25, 0.3) is 10.9 Å². The van der Waals surface area contributed by atoms with E-state index in [1.165, 1.54) is 4.90 Å². The number of carbonyl (C=O) groups is 2. The Hall–Kier alpha value is -3.01. The van der Waals surface area contributed by atoms with Gasteiger partial charge in [-0.1, -0.05) is 24.3 Å². The maximum atomic E-state index is 13.0. The summed E-state index contributed by atoms with van der Waals surface area (Å²) in [5, 5.41) is 0.725. The number of fused-ring (bicyclic) bond motifs is 3. The predicted molar refractivity (Wildman–Crippen MR) is 93.5 cm³/mol. The quantitative estimate of drug-likeness (QED) is 0.639. The van der Waals surface area contributed by atoms with Gasteiger partial charge in [-0.2, -0.15) is 0 Å². The summed E-state index contributed by atoms with van der Waals surface area (Å²) < 4.78 is 0. The van der Waals surface area contributed by atoms with E-state index in [-0.39, 0.29) is 11.8 Å². The molecule has 0 spiro atoms. The highest BCUT2D eigenvalue weighted by molar-refractivity contribution is 6.37. The van der Waals surface area contributed by atoms with Crippen LogP contribution in [0, 0.1) is 20.8 Å². The Kier molecular flexibility index (Phi) is 3.03. The molecule has 0 saturated carbocycles. The van der Waals surface area contributed by atoms with Crippen molar-refractivity contribution in [2.75, 3.05) is 4.90 Å². The van der Waals surface area contributed by atoms with E-state index in [1.807, 2.05) is 56.3 Å². The highest BCUT2D eigenvalue weighted by atomic mass is 16.2. The van der Waals surface area contributed by atoms with Gasteiger partial charge in [-0.15, -0.1) is 0 Å². The number of carbonyl (C=O) groups excluding carboxylic acids is 2. The summed E-state index contributed by atoms with van der Waals surface area (Å²) in [5.74, 6) is -0.575. The van der Waals surface area contributed by atoms with Crippen molar-refractivity contribution in [3.05, 3.63) is 70.4 Å². The average molecular weight is 316 g/mol. The number of para-hydroxylation sites is 1. The molecule has 0 atom stereocenters. The third-order valence-electron chi connectivity index (χ3n) is 4.66. The van der Waals surface area contributed by atoms with Gasteiger partial charge in [0, 0.05) is 5.39 Å². The molecule has 0 bridgehead atoms. The maximum Gasteiger partial charge on any atom is 0.268 e. The second kappa shape index (κ2) is 4.99. The Morgan fingerprint density at radius 2 is 1.54 bits per heavy atom. The van der Waals surface area contributed by atoms with Crippen molar-refractivity contribution in [1.29, 1.82) is 0 Å². The molecule has 0 saturated heterocycles. The minimum absolute atomic E-state index is 0.278. The van der Waals surface area contributed by atoms with Gasteiger partial charge in [0.15, 0.2) is 0 Å². The lowest BCUT2D eigenvalue weighted by atomic mass is 10.0. The largest absolute Gasteiger partial charge is 0.268 e. The number of benzene rings is 2. The lowest BCUT2D eigenvalue weighted by Crippen LogP contribution is -2.29. The average Bonchev–Trinajstić information content (AvgIpc) is 2.82. The van der Waals surface area contributed by atoms with Crippen molar-refractivity contribution in [3.63, 3.8) is 0 Å². The lowest BCUT2D eigenvalue weighted by molar-refractivity contribution is 0.0926. The van der Waals surface area contributed by atoms with Crippen molar-refractivity contribution in [2.45, 2.75) is 20.8 Å². The van der Waals surface area contributed by atoms with Crippen molar-refractivity contribution >= 4 is 28.4 Å². The zero-order valence-corrected chi connectivity index (χ0v) is 13.8. The van der Waals surface area contributed by atoms with Crippen molar-refractivity contribution in [2.24, 2.45) is 0 Å². The van der Waals surface area contributed by atoms with Crippen LogP contribution in [0.3, 0.4) is 0 Å². The van der Waals surface area contributed by atoms with Gasteiger partial charge >= 0.3 is 0 Å². The molecule has 2 amide bonds. The number of hydrogen-bond donors (Lipinski definition) is 0. The van der Waals surface area contributed by atoms with Gasteiger partial charge < -0.3 is 0 Å². The Labute approximate surface area is 139 Å². The molecule has 1 aromatic heterocycles. The minimum atomic E-state index is -0.297. The van der Waals surface area contributed by atoms with Gasteiger partial charge in [0.05, 0.1) is 28.0 Å². The fraction of sp³-hybridized carbons (Fsp3) is 0.150. The number of aryl methyl sites for hydroxylation is 3. The summed E-state index contributed by atoms with van der Waals surface area (Å²) in [6.07, 6.45) is 0. The Balaban J connectivity index is 1.97. The lowest BCUT2D eigenvalue weighted by Gasteiger charge is -2.15. The number of anilines is 1. The fourth-order valence-corrected chi connectivity index (χ4v) is 3.23. The number of pyridine rings is 1. The summed E-state index contributed by atoms with van der Waals surface area (Å²) in [5.41, 5.74) is 4.97. The van der Waals surface area contributed by atoms with Crippen LogP contribution >= 0.6 is 0 Å². The fourth-order valence-electron chi connectivity index (χ4n) is 3.23. The molecule has 24 heavy (non-hydrogen) atoms. The zero-order valence-electron chi connectivity index (χ0n) is 13.8. The molecule has 2 aromatic carbocycles. The Morgan fingerprint density at radius 1 is 0.833 bits per heavy atom. The van der Waals surface area contributed by atoms with Crippen LogP contribution in [0.1, 0.15) is 37.5 Å². The molecule has 3 aromatic rings. The van der Waals surface area contributed by atoms with Crippen LogP contribution in [-0.4, -0.2) is 16.8 Å². The van der Waals surface area contributed by atoms with E-state index in [9.17, 15) is 9.59 Å². The number of nitrogens with zero attached hydrogens (tertiary/aromatic N) is 2. The molecule has 0 radical (unpaired) electrons. The van der Waals surface area contributed by atoms with Crippen LogP contribution in [0.5, 0.6) is 0 Å². The molecular weight excluding hydrogens is 300 g/mol. The van der Waals surface area contributed by atoms with Crippen molar-refractivity contribution in [1.82, 2.24) is 4.98 Å². The molecule has 4 nitrogen and oxygen atoms in total. The van der Waals surface area contributed by atoms with Gasteiger partial charge in [-0.05, 0) is 50.1 Å². The monoisotopic (exact) mass is 316 g/mol. The molecule has 118 valence electrons. The summed E-state index contributed by atoms with van der Waals surface area (Å²) in [6.45, 7) is 5.75. The van der Waals surface area contributed by atoms with E-state index in [1.54, 1.807) is 6.92 Å². The first-order valence-corrected chi connectivity index (χ1v) is 7.84. The maximum absolute atomic E-state index is 13.0. The number of hydrogen-bond acceptors (Lipinski definition) is 3. The molecular formula is C20H16N2O2. The molecule has 4 rings (SSSR count). The molecule has 0 fully saturated rings. The van der Waals surface area contributed by atoms with Crippen molar-refractivity contribution < 1.29 is 9.59 Å². The van der Waals surface area contributed by atoms with Crippen LogP contribution < -0.4 is 4.90 Å². The van der Waals surface area contributed by atoms with Crippen LogP contribution in [0.15, 0.2) is 42.5 Å². The first kappa shape index (κ1) is 14.6.